The van der Waals surface area contributed by atoms with Gasteiger partial charge >= 0.3 is 0 Å². The van der Waals surface area contributed by atoms with Crippen molar-refractivity contribution in [2.45, 2.75) is 19.4 Å². The van der Waals surface area contributed by atoms with Crippen molar-refractivity contribution < 1.29 is 5.11 Å². The highest BCUT2D eigenvalue weighted by Crippen LogP contribution is 2.12. The quantitative estimate of drug-likeness (QED) is 0.828. The number of nitrogens with zero attached hydrogens (tertiary/aromatic N) is 1. The molecule has 1 rings (SSSR count). The molecule has 1 aromatic rings. The Labute approximate surface area is 92.8 Å². The summed E-state index contributed by atoms with van der Waals surface area (Å²) in [5, 5.41) is 9.00. The number of aliphatic imine (C=N–C) groups is 1. The maximum Gasteiger partial charge on any atom is 0.0782 e. The van der Waals surface area contributed by atoms with Crippen molar-refractivity contribution in [3.05, 3.63) is 34.3 Å². The molecule has 2 nitrogen and oxygen atoms in total. The van der Waals surface area contributed by atoms with Gasteiger partial charge in [-0.1, -0.05) is 28.1 Å². The maximum atomic E-state index is 9.00. The predicted octanol–water partition coefficient (Wildman–Crippen LogP) is 2.64. The van der Waals surface area contributed by atoms with Gasteiger partial charge in [-0.15, -0.1) is 0 Å². The summed E-state index contributed by atoms with van der Waals surface area (Å²) in [5.41, 5.74) is 0.628. The third-order valence-corrected chi connectivity index (χ3v) is 2.29. The van der Waals surface area contributed by atoms with Crippen molar-refractivity contribution in [2.75, 3.05) is 6.61 Å². The molecule has 0 spiro atoms. The lowest BCUT2D eigenvalue weighted by Gasteiger charge is -2.14. The van der Waals surface area contributed by atoms with E-state index >= 15 is 0 Å². The Balaban J connectivity index is 2.78. The summed E-state index contributed by atoms with van der Waals surface area (Å²) in [6.07, 6.45) is 1.78. The Kier molecular flexibility index (Phi) is 3.84. The largest absolute Gasteiger partial charge is 0.394 e. The Hall–Kier alpha value is -0.670. The molecular formula is C11H14BrNO. The van der Waals surface area contributed by atoms with Gasteiger partial charge in [-0.2, -0.15) is 0 Å². The standard InChI is InChI=1S/C11H14BrNO/c1-11(2,8-14)13-7-9-4-3-5-10(12)6-9/h3-7,14H,8H2,1-2H3. The molecule has 1 aromatic carbocycles. The van der Waals surface area contributed by atoms with E-state index in [4.69, 9.17) is 5.11 Å². The Bertz CT molecular complexity index is 334. The molecule has 76 valence electrons. The minimum atomic E-state index is -0.400. The molecule has 0 heterocycles. The Morgan fingerprint density at radius 2 is 2.21 bits per heavy atom. The number of hydrogen-bond donors (Lipinski definition) is 1. The summed E-state index contributed by atoms with van der Waals surface area (Å²) in [7, 11) is 0. The van der Waals surface area contributed by atoms with E-state index in [9.17, 15) is 0 Å². The van der Waals surface area contributed by atoms with E-state index in [0.29, 0.717) is 0 Å². The van der Waals surface area contributed by atoms with Crippen LogP contribution in [0.2, 0.25) is 0 Å². The minimum absolute atomic E-state index is 0.0531. The van der Waals surface area contributed by atoms with Gasteiger partial charge in [0.2, 0.25) is 0 Å². The van der Waals surface area contributed by atoms with Gasteiger partial charge in [0.05, 0.1) is 12.1 Å². The molecule has 0 saturated heterocycles. The first-order valence-electron chi connectivity index (χ1n) is 4.45. The average molecular weight is 256 g/mol. The van der Waals surface area contributed by atoms with Crippen molar-refractivity contribution >= 4 is 22.1 Å². The van der Waals surface area contributed by atoms with Gasteiger partial charge in [-0.3, -0.25) is 4.99 Å². The Morgan fingerprint density at radius 1 is 1.50 bits per heavy atom. The molecule has 0 amide bonds. The summed E-state index contributed by atoms with van der Waals surface area (Å²) < 4.78 is 1.03. The lowest BCUT2D eigenvalue weighted by atomic mass is 10.1. The SMILES string of the molecule is CC(C)(CO)N=Cc1cccc(Br)c1. The van der Waals surface area contributed by atoms with Gasteiger partial charge in [0.1, 0.15) is 0 Å². The van der Waals surface area contributed by atoms with E-state index in [1.807, 2.05) is 38.1 Å². The number of aliphatic hydroxyl groups is 1. The van der Waals surface area contributed by atoms with Crippen LogP contribution in [0.25, 0.3) is 0 Å². The zero-order valence-electron chi connectivity index (χ0n) is 8.37. The van der Waals surface area contributed by atoms with Crippen LogP contribution in [-0.2, 0) is 0 Å². The molecule has 0 bridgehead atoms. The second kappa shape index (κ2) is 4.71. The average Bonchev–Trinajstić information content (AvgIpc) is 2.15. The van der Waals surface area contributed by atoms with E-state index < -0.39 is 5.54 Å². The third-order valence-electron chi connectivity index (χ3n) is 1.80. The minimum Gasteiger partial charge on any atom is -0.394 e. The number of halogens is 1. The zero-order chi connectivity index (χ0) is 10.6. The molecule has 0 atom stereocenters. The second-order valence-corrected chi connectivity index (χ2v) is 4.70. The van der Waals surface area contributed by atoms with Gasteiger partial charge in [-0.25, -0.2) is 0 Å². The molecule has 0 fully saturated rings. The molecule has 0 aliphatic carbocycles. The fourth-order valence-electron chi connectivity index (χ4n) is 0.877. The molecule has 0 aromatic heterocycles. The number of aliphatic hydroxyl groups excluding tert-OH is 1. The molecule has 0 radical (unpaired) electrons. The molecule has 1 N–H and O–H groups in total. The van der Waals surface area contributed by atoms with Crippen LogP contribution >= 0.6 is 15.9 Å². The van der Waals surface area contributed by atoms with Crippen LogP contribution < -0.4 is 0 Å². The smallest absolute Gasteiger partial charge is 0.0782 e. The lowest BCUT2D eigenvalue weighted by molar-refractivity contribution is 0.223. The van der Waals surface area contributed by atoms with Crippen LogP contribution in [0.5, 0.6) is 0 Å². The first-order chi connectivity index (χ1) is 6.53. The summed E-state index contributed by atoms with van der Waals surface area (Å²) in [6, 6.07) is 7.88. The molecule has 0 aliphatic rings. The van der Waals surface area contributed by atoms with Crippen LogP contribution in [0.15, 0.2) is 33.7 Å². The Morgan fingerprint density at radius 3 is 2.79 bits per heavy atom. The van der Waals surface area contributed by atoms with Crippen LogP contribution in [0.4, 0.5) is 0 Å². The van der Waals surface area contributed by atoms with E-state index in [1.165, 1.54) is 0 Å². The van der Waals surface area contributed by atoms with Gasteiger partial charge < -0.3 is 5.11 Å². The van der Waals surface area contributed by atoms with Crippen molar-refractivity contribution in [1.82, 2.24) is 0 Å². The van der Waals surface area contributed by atoms with Gasteiger partial charge in [0.25, 0.3) is 0 Å². The molecule has 0 unspecified atom stereocenters. The first kappa shape index (κ1) is 11.4. The fraction of sp³-hybridized carbons (Fsp3) is 0.364. The van der Waals surface area contributed by atoms with Crippen LogP contribution in [0, 0.1) is 0 Å². The van der Waals surface area contributed by atoms with E-state index in [1.54, 1.807) is 6.21 Å². The molecule has 14 heavy (non-hydrogen) atoms. The monoisotopic (exact) mass is 255 g/mol. The summed E-state index contributed by atoms with van der Waals surface area (Å²) >= 11 is 3.39. The van der Waals surface area contributed by atoms with Crippen LogP contribution in [0.1, 0.15) is 19.4 Å². The highest BCUT2D eigenvalue weighted by molar-refractivity contribution is 9.10. The van der Waals surface area contributed by atoms with Crippen molar-refractivity contribution in [3.8, 4) is 0 Å². The maximum absolute atomic E-state index is 9.00. The molecular weight excluding hydrogens is 242 g/mol. The van der Waals surface area contributed by atoms with E-state index in [2.05, 4.69) is 20.9 Å². The lowest BCUT2D eigenvalue weighted by Crippen LogP contribution is -2.21. The second-order valence-electron chi connectivity index (χ2n) is 3.78. The summed E-state index contributed by atoms with van der Waals surface area (Å²) in [5.74, 6) is 0. The summed E-state index contributed by atoms with van der Waals surface area (Å²) in [4.78, 5) is 4.29. The van der Waals surface area contributed by atoms with Crippen LogP contribution in [0.3, 0.4) is 0 Å². The molecule has 0 saturated carbocycles. The summed E-state index contributed by atoms with van der Waals surface area (Å²) in [6.45, 7) is 3.83. The van der Waals surface area contributed by atoms with E-state index in [0.717, 1.165) is 10.0 Å². The number of rotatable bonds is 3. The first-order valence-corrected chi connectivity index (χ1v) is 5.24. The third kappa shape index (κ3) is 3.60. The highest BCUT2D eigenvalue weighted by Gasteiger charge is 2.12. The number of benzene rings is 1. The highest BCUT2D eigenvalue weighted by atomic mass is 79.9. The molecule has 0 aliphatic heterocycles. The van der Waals surface area contributed by atoms with Crippen molar-refractivity contribution in [1.29, 1.82) is 0 Å². The predicted molar refractivity (Wildman–Crippen MR) is 62.9 cm³/mol. The molecule has 3 heteroatoms. The van der Waals surface area contributed by atoms with Gasteiger partial charge in [0.15, 0.2) is 0 Å². The van der Waals surface area contributed by atoms with Gasteiger partial charge in [-0.05, 0) is 31.5 Å². The van der Waals surface area contributed by atoms with Crippen LogP contribution in [-0.4, -0.2) is 23.5 Å². The van der Waals surface area contributed by atoms with E-state index in [-0.39, 0.29) is 6.61 Å². The van der Waals surface area contributed by atoms with Gasteiger partial charge in [0, 0.05) is 10.7 Å². The zero-order valence-corrected chi connectivity index (χ0v) is 9.95. The number of hydrogen-bond acceptors (Lipinski definition) is 2. The van der Waals surface area contributed by atoms with Crippen molar-refractivity contribution in [2.24, 2.45) is 4.99 Å². The normalized spacial score (nSPS) is 12.3. The topological polar surface area (TPSA) is 32.6 Å². The fourth-order valence-corrected chi connectivity index (χ4v) is 1.29. The van der Waals surface area contributed by atoms with Crippen molar-refractivity contribution in [3.63, 3.8) is 0 Å².